The Balaban J connectivity index is 1.93. The van der Waals surface area contributed by atoms with Crippen LogP contribution in [0.1, 0.15) is 44.9 Å². The third-order valence-corrected chi connectivity index (χ3v) is 5.10. The Morgan fingerprint density at radius 3 is 2.42 bits per heavy atom. The van der Waals surface area contributed by atoms with Gasteiger partial charge in [0.15, 0.2) is 11.5 Å². The summed E-state index contributed by atoms with van der Waals surface area (Å²) >= 11 is 5.94. The molecule has 31 heavy (non-hydrogen) atoms. The van der Waals surface area contributed by atoms with Gasteiger partial charge in [0.1, 0.15) is 6.61 Å². The molecule has 1 atom stereocenters. The predicted molar refractivity (Wildman–Crippen MR) is 120 cm³/mol. The number of ether oxygens (including phenoxy) is 2. The molecule has 0 unspecified atom stereocenters. The number of carbonyl (C=O) groups excluding carboxylic acids is 1. The Labute approximate surface area is 187 Å². The molecular formula is C24H26ClN3O3. The van der Waals surface area contributed by atoms with Gasteiger partial charge in [-0.15, -0.1) is 0 Å². The predicted octanol–water partition coefficient (Wildman–Crippen LogP) is 5.50. The molecule has 7 heteroatoms. The normalized spacial score (nSPS) is 16.3. The standard InChI is InChI=1S/C24H26ClN3O3/c1-5-30-20-12-16(8-11-19(20)31-14-15-6-9-17(25)10-7-15)21-18(13-26)22(24(2,3)4)28-23(29)27-21/h6-12,21H,5,14H2,1-4H3,(H2,27,28,29)/t21-/m0/s1. The summed E-state index contributed by atoms with van der Waals surface area (Å²) in [6, 6.07) is 14.2. The van der Waals surface area contributed by atoms with Gasteiger partial charge in [-0.2, -0.15) is 5.26 Å². The maximum absolute atomic E-state index is 12.3. The largest absolute Gasteiger partial charge is 0.490 e. The van der Waals surface area contributed by atoms with E-state index in [0.29, 0.717) is 41.0 Å². The lowest BCUT2D eigenvalue weighted by Gasteiger charge is -2.33. The van der Waals surface area contributed by atoms with Gasteiger partial charge in [-0.1, -0.05) is 50.6 Å². The van der Waals surface area contributed by atoms with Crippen LogP contribution < -0.4 is 20.1 Å². The number of allylic oxidation sites excluding steroid dienone is 1. The summed E-state index contributed by atoms with van der Waals surface area (Å²) in [5.74, 6) is 1.13. The van der Waals surface area contributed by atoms with E-state index in [9.17, 15) is 10.1 Å². The number of nitriles is 1. The molecule has 0 bridgehead atoms. The highest BCUT2D eigenvalue weighted by Gasteiger charge is 2.34. The van der Waals surface area contributed by atoms with Crippen LogP contribution in [0.3, 0.4) is 0 Å². The lowest BCUT2D eigenvalue weighted by atomic mass is 9.84. The molecule has 2 N–H and O–H groups in total. The van der Waals surface area contributed by atoms with Crippen LogP contribution in [0.4, 0.5) is 4.79 Å². The topological polar surface area (TPSA) is 83.4 Å². The molecule has 0 radical (unpaired) electrons. The van der Waals surface area contributed by atoms with Gasteiger partial charge in [0.25, 0.3) is 0 Å². The highest BCUT2D eigenvalue weighted by Crippen LogP contribution is 2.37. The first-order valence-electron chi connectivity index (χ1n) is 10.1. The molecule has 1 aliphatic heterocycles. The molecule has 2 aromatic rings. The van der Waals surface area contributed by atoms with Gasteiger partial charge in [-0.3, -0.25) is 0 Å². The molecule has 0 fully saturated rings. The Hall–Kier alpha value is -3.17. The average molecular weight is 440 g/mol. The molecule has 1 heterocycles. The molecule has 6 nitrogen and oxygen atoms in total. The number of urea groups is 1. The van der Waals surface area contributed by atoms with E-state index in [4.69, 9.17) is 21.1 Å². The maximum atomic E-state index is 12.3. The van der Waals surface area contributed by atoms with Crippen LogP contribution in [0.2, 0.25) is 5.02 Å². The molecule has 0 saturated heterocycles. The summed E-state index contributed by atoms with van der Waals surface area (Å²) in [4.78, 5) is 12.3. The Bertz CT molecular complexity index is 1030. The van der Waals surface area contributed by atoms with Gasteiger partial charge in [-0.25, -0.2) is 4.79 Å². The van der Waals surface area contributed by atoms with Gasteiger partial charge in [0, 0.05) is 16.1 Å². The van der Waals surface area contributed by atoms with Crippen LogP contribution in [0.15, 0.2) is 53.7 Å². The van der Waals surface area contributed by atoms with E-state index in [1.807, 2.05) is 64.1 Å². The van der Waals surface area contributed by atoms with E-state index in [2.05, 4.69) is 16.7 Å². The number of hydrogen-bond donors (Lipinski definition) is 2. The highest BCUT2D eigenvalue weighted by molar-refractivity contribution is 6.30. The second kappa shape index (κ2) is 9.32. The van der Waals surface area contributed by atoms with Crippen LogP contribution in [0.5, 0.6) is 11.5 Å². The Morgan fingerprint density at radius 1 is 1.10 bits per heavy atom. The fraction of sp³-hybridized carbons (Fsp3) is 0.333. The summed E-state index contributed by atoms with van der Waals surface area (Å²) in [6.07, 6.45) is 0. The van der Waals surface area contributed by atoms with Crippen molar-refractivity contribution in [3.63, 3.8) is 0 Å². The van der Waals surface area contributed by atoms with Gasteiger partial charge in [0.05, 0.1) is 24.3 Å². The van der Waals surface area contributed by atoms with Gasteiger partial charge >= 0.3 is 6.03 Å². The smallest absolute Gasteiger partial charge is 0.319 e. The fourth-order valence-corrected chi connectivity index (χ4v) is 3.49. The summed E-state index contributed by atoms with van der Waals surface area (Å²) in [5.41, 5.74) is 2.43. The lowest BCUT2D eigenvalue weighted by Crippen LogP contribution is -2.46. The van der Waals surface area contributed by atoms with Crippen molar-refractivity contribution in [2.45, 2.75) is 40.3 Å². The third-order valence-electron chi connectivity index (χ3n) is 4.85. The van der Waals surface area contributed by atoms with E-state index in [1.54, 1.807) is 6.07 Å². The van der Waals surface area contributed by atoms with Crippen molar-refractivity contribution in [2.75, 3.05) is 6.61 Å². The molecule has 0 spiro atoms. The second-order valence-electron chi connectivity index (χ2n) is 8.24. The zero-order valence-corrected chi connectivity index (χ0v) is 18.8. The first kappa shape index (κ1) is 22.5. The summed E-state index contributed by atoms with van der Waals surface area (Å²) in [6.45, 7) is 8.58. The number of nitrogens with zero attached hydrogens (tertiary/aromatic N) is 1. The molecule has 0 aliphatic carbocycles. The molecule has 162 valence electrons. The quantitative estimate of drug-likeness (QED) is 0.622. The third kappa shape index (κ3) is 5.31. The number of nitrogens with one attached hydrogen (secondary N) is 2. The van der Waals surface area contributed by atoms with Crippen molar-refractivity contribution in [1.29, 1.82) is 5.26 Å². The van der Waals surface area contributed by atoms with E-state index >= 15 is 0 Å². The molecule has 0 saturated carbocycles. The number of amides is 2. The van der Waals surface area contributed by atoms with E-state index < -0.39 is 6.04 Å². The monoisotopic (exact) mass is 439 g/mol. The van der Waals surface area contributed by atoms with Crippen molar-refractivity contribution >= 4 is 17.6 Å². The van der Waals surface area contributed by atoms with Crippen molar-refractivity contribution in [1.82, 2.24) is 10.6 Å². The number of halogens is 1. The van der Waals surface area contributed by atoms with E-state index in [0.717, 1.165) is 11.1 Å². The summed E-state index contributed by atoms with van der Waals surface area (Å²) in [5, 5.41) is 16.1. The zero-order chi connectivity index (χ0) is 22.6. The van der Waals surface area contributed by atoms with Crippen LogP contribution in [-0.4, -0.2) is 12.6 Å². The van der Waals surface area contributed by atoms with Crippen molar-refractivity contribution < 1.29 is 14.3 Å². The molecular weight excluding hydrogens is 414 g/mol. The number of benzene rings is 2. The van der Waals surface area contributed by atoms with Crippen LogP contribution in [0.25, 0.3) is 0 Å². The highest BCUT2D eigenvalue weighted by atomic mass is 35.5. The SMILES string of the molecule is CCOc1cc([C@@H]2NC(=O)NC(C(C)(C)C)=C2C#N)ccc1OCc1ccc(Cl)cc1. The van der Waals surface area contributed by atoms with Crippen LogP contribution >= 0.6 is 11.6 Å². The zero-order valence-electron chi connectivity index (χ0n) is 18.1. The average Bonchev–Trinajstić information content (AvgIpc) is 2.73. The van der Waals surface area contributed by atoms with Gasteiger partial charge in [-0.05, 0) is 42.3 Å². The molecule has 2 amide bonds. The van der Waals surface area contributed by atoms with Crippen LogP contribution in [-0.2, 0) is 6.61 Å². The van der Waals surface area contributed by atoms with Gasteiger partial charge < -0.3 is 20.1 Å². The first-order chi connectivity index (χ1) is 14.7. The van der Waals surface area contributed by atoms with Crippen LogP contribution in [0, 0.1) is 16.7 Å². The van der Waals surface area contributed by atoms with Crippen molar-refractivity contribution in [2.24, 2.45) is 5.41 Å². The molecule has 0 aromatic heterocycles. The molecule has 3 rings (SSSR count). The van der Waals surface area contributed by atoms with Gasteiger partial charge in [0.2, 0.25) is 0 Å². The Kier molecular flexibility index (Phi) is 6.77. The minimum atomic E-state index is -0.572. The van der Waals surface area contributed by atoms with Crippen molar-refractivity contribution in [3.8, 4) is 17.6 Å². The lowest BCUT2D eigenvalue weighted by molar-refractivity contribution is 0.235. The van der Waals surface area contributed by atoms with E-state index in [1.165, 1.54) is 0 Å². The fourth-order valence-electron chi connectivity index (χ4n) is 3.36. The maximum Gasteiger partial charge on any atom is 0.319 e. The molecule has 2 aromatic carbocycles. The number of hydrogen-bond acceptors (Lipinski definition) is 4. The van der Waals surface area contributed by atoms with E-state index in [-0.39, 0.29) is 11.4 Å². The Morgan fingerprint density at radius 2 is 1.81 bits per heavy atom. The number of rotatable bonds is 6. The van der Waals surface area contributed by atoms with Crippen molar-refractivity contribution in [3.05, 3.63) is 69.9 Å². The summed E-state index contributed by atoms with van der Waals surface area (Å²) in [7, 11) is 0. The minimum Gasteiger partial charge on any atom is -0.490 e. The number of carbonyl (C=O) groups is 1. The second-order valence-corrected chi connectivity index (χ2v) is 8.67. The summed E-state index contributed by atoms with van der Waals surface area (Å²) < 4.78 is 11.8. The minimum absolute atomic E-state index is 0.338. The first-order valence-corrected chi connectivity index (χ1v) is 10.5. The molecule has 1 aliphatic rings.